The quantitative estimate of drug-likeness (QED) is 0.877. The van der Waals surface area contributed by atoms with Crippen LogP contribution in [0.25, 0.3) is 5.57 Å². The Balaban J connectivity index is 2.08. The van der Waals surface area contributed by atoms with Gasteiger partial charge in [0.1, 0.15) is 11.6 Å². The summed E-state index contributed by atoms with van der Waals surface area (Å²) in [5.74, 6) is 0.448. The van der Waals surface area contributed by atoms with Gasteiger partial charge in [-0.15, -0.1) is 0 Å². The second-order valence-electron chi connectivity index (χ2n) is 6.61. The Kier molecular flexibility index (Phi) is 3.90. The summed E-state index contributed by atoms with van der Waals surface area (Å²) in [6.07, 6.45) is 3.26. The normalized spacial score (nSPS) is 20.5. The van der Waals surface area contributed by atoms with Crippen LogP contribution in [-0.2, 0) is 9.31 Å². The minimum atomic E-state index is -1.06. The third-order valence-corrected chi connectivity index (χ3v) is 4.50. The van der Waals surface area contributed by atoms with E-state index in [1.807, 2.05) is 58.0 Å². The van der Waals surface area contributed by atoms with Gasteiger partial charge < -0.3 is 14.3 Å². The number of aromatic amines is 1. The standard InChI is InChI=1S/C17H20BFN2O2/c1-16(2)17(3,4)23-18(22-16)14(19)13(15-20-10-11-21-15)12-8-6-5-7-9-12/h5-11H,1-4H3,(H,20,21). The summed E-state index contributed by atoms with van der Waals surface area (Å²) < 4.78 is 26.9. The highest BCUT2D eigenvalue weighted by atomic mass is 19.1. The van der Waals surface area contributed by atoms with Gasteiger partial charge in [0.25, 0.3) is 0 Å². The van der Waals surface area contributed by atoms with E-state index in [0.29, 0.717) is 11.4 Å². The molecular weight excluding hydrogens is 294 g/mol. The number of halogens is 1. The van der Waals surface area contributed by atoms with E-state index in [0.717, 1.165) is 5.56 Å². The van der Waals surface area contributed by atoms with Crippen LogP contribution < -0.4 is 0 Å². The van der Waals surface area contributed by atoms with Crippen molar-refractivity contribution in [3.63, 3.8) is 0 Å². The summed E-state index contributed by atoms with van der Waals surface area (Å²) in [5.41, 5.74) is -0.603. The number of benzene rings is 1. The Hall–Kier alpha value is -1.92. The zero-order valence-electron chi connectivity index (χ0n) is 13.8. The van der Waals surface area contributed by atoms with Crippen LogP contribution in [0.4, 0.5) is 4.39 Å². The van der Waals surface area contributed by atoms with Gasteiger partial charge in [-0.3, -0.25) is 0 Å². The molecule has 1 aliphatic rings. The molecule has 4 nitrogen and oxygen atoms in total. The van der Waals surface area contributed by atoms with E-state index < -0.39 is 24.0 Å². The number of nitrogens with one attached hydrogen (secondary N) is 1. The molecule has 1 aliphatic heterocycles. The van der Waals surface area contributed by atoms with E-state index in [4.69, 9.17) is 9.31 Å². The second kappa shape index (κ2) is 5.62. The molecule has 1 fully saturated rings. The van der Waals surface area contributed by atoms with Gasteiger partial charge in [-0.05, 0) is 33.3 Å². The van der Waals surface area contributed by atoms with Gasteiger partial charge in [-0.25, -0.2) is 9.37 Å². The minimum Gasteiger partial charge on any atom is -0.398 e. The Morgan fingerprint density at radius 1 is 1.09 bits per heavy atom. The minimum absolute atomic E-state index is 0.356. The summed E-state index contributed by atoms with van der Waals surface area (Å²) in [7, 11) is -1.06. The second-order valence-corrected chi connectivity index (χ2v) is 6.61. The first-order valence-corrected chi connectivity index (χ1v) is 7.62. The van der Waals surface area contributed by atoms with Crippen molar-refractivity contribution >= 4 is 12.7 Å². The van der Waals surface area contributed by atoms with Crippen LogP contribution in [0.5, 0.6) is 0 Å². The average Bonchev–Trinajstić information content (AvgIpc) is 3.07. The number of hydrogen-bond donors (Lipinski definition) is 1. The zero-order valence-corrected chi connectivity index (χ0v) is 13.8. The Morgan fingerprint density at radius 2 is 1.70 bits per heavy atom. The van der Waals surface area contributed by atoms with Gasteiger partial charge in [0, 0.05) is 12.4 Å². The highest BCUT2D eigenvalue weighted by Gasteiger charge is 2.53. The molecule has 0 amide bonds. The number of hydrogen-bond acceptors (Lipinski definition) is 3. The molecule has 1 N–H and O–H groups in total. The maximum absolute atomic E-state index is 15.3. The van der Waals surface area contributed by atoms with Crippen LogP contribution in [-0.4, -0.2) is 28.3 Å². The molecule has 0 saturated carbocycles. The molecule has 2 heterocycles. The Labute approximate surface area is 135 Å². The molecule has 0 radical (unpaired) electrons. The molecule has 2 aromatic rings. The molecular formula is C17H20BFN2O2. The summed E-state index contributed by atoms with van der Waals surface area (Å²) in [4.78, 5) is 7.16. The fourth-order valence-electron chi connectivity index (χ4n) is 2.46. The molecule has 120 valence electrons. The average molecular weight is 314 g/mol. The Morgan fingerprint density at radius 3 is 2.22 bits per heavy atom. The molecule has 0 unspecified atom stereocenters. The topological polar surface area (TPSA) is 47.1 Å². The van der Waals surface area contributed by atoms with Crippen molar-refractivity contribution in [3.8, 4) is 0 Å². The molecule has 1 aromatic heterocycles. The van der Waals surface area contributed by atoms with Gasteiger partial charge in [0.2, 0.25) is 0 Å². The number of aromatic nitrogens is 2. The van der Waals surface area contributed by atoms with Crippen LogP contribution >= 0.6 is 0 Å². The zero-order chi connectivity index (χ0) is 16.7. The van der Waals surface area contributed by atoms with E-state index in [2.05, 4.69) is 9.97 Å². The lowest BCUT2D eigenvalue weighted by Crippen LogP contribution is -2.41. The first kappa shape index (κ1) is 16.0. The van der Waals surface area contributed by atoms with Crippen molar-refractivity contribution in [2.24, 2.45) is 0 Å². The number of imidazole rings is 1. The first-order valence-electron chi connectivity index (χ1n) is 7.62. The lowest BCUT2D eigenvalue weighted by Gasteiger charge is -2.32. The van der Waals surface area contributed by atoms with Crippen molar-refractivity contribution in [3.05, 3.63) is 59.8 Å². The molecule has 3 rings (SSSR count). The highest BCUT2D eigenvalue weighted by molar-refractivity contribution is 6.55. The fraction of sp³-hybridized carbons (Fsp3) is 0.353. The number of H-pyrrole nitrogens is 1. The molecule has 1 saturated heterocycles. The summed E-state index contributed by atoms with van der Waals surface area (Å²) >= 11 is 0. The predicted octanol–water partition coefficient (Wildman–Crippen LogP) is 3.77. The van der Waals surface area contributed by atoms with E-state index in [-0.39, 0.29) is 0 Å². The van der Waals surface area contributed by atoms with Crippen LogP contribution in [0.15, 0.2) is 48.5 Å². The summed E-state index contributed by atoms with van der Waals surface area (Å²) in [5, 5.41) is 0. The third-order valence-electron chi connectivity index (χ3n) is 4.50. The largest absolute Gasteiger partial charge is 0.526 e. The fourth-order valence-corrected chi connectivity index (χ4v) is 2.46. The van der Waals surface area contributed by atoms with E-state index in [1.54, 1.807) is 12.4 Å². The lowest BCUT2D eigenvalue weighted by molar-refractivity contribution is 0.00578. The van der Waals surface area contributed by atoms with Crippen LogP contribution in [0, 0.1) is 0 Å². The summed E-state index contributed by atoms with van der Waals surface area (Å²) in [6, 6.07) is 9.27. The molecule has 1 aromatic carbocycles. The van der Waals surface area contributed by atoms with Crippen molar-refractivity contribution in [1.82, 2.24) is 9.97 Å². The molecule has 0 bridgehead atoms. The van der Waals surface area contributed by atoms with E-state index >= 15 is 4.39 Å². The molecule has 23 heavy (non-hydrogen) atoms. The van der Waals surface area contributed by atoms with Crippen LogP contribution in [0.3, 0.4) is 0 Å². The van der Waals surface area contributed by atoms with E-state index in [1.165, 1.54) is 0 Å². The van der Waals surface area contributed by atoms with Crippen LogP contribution in [0.1, 0.15) is 39.1 Å². The molecule has 6 heteroatoms. The molecule has 0 aliphatic carbocycles. The van der Waals surface area contributed by atoms with Gasteiger partial charge in [-0.2, -0.15) is 0 Å². The smallest absolute Gasteiger partial charge is 0.398 e. The predicted molar refractivity (Wildman–Crippen MR) is 88.2 cm³/mol. The number of nitrogens with zero attached hydrogens (tertiary/aromatic N) is 1. The monoisotopic (exact) mass is 314 g/mol. The molecule has 0 atom stereocenters. The SMILES string of the molecule is CC1(C)OB(C(F)=C(c2ccccc2)c2ncc[nH]2)OC1(C)C. The Bertz CT molecular complexity index is 695. The van der Waals surface area contributed by atoms with Gasteiger partial charge in [0.15, 0.2) is 0 Å². The summed E-state index contributed by atoms with van der Waals surface area (Å²) in [6.45, 7) is 7.59. The third kappa shape index (κ3) is 2.84. The maximum atomic E-state index is 15.3. The molecule has 0 spiro atoms. The van der Waals surface area contributed by atoms with Gasteiger partial charge in [0.05, 0.1) is 16.8 Å². The van der Waals surface area contributed by atoms with Crippen LogP contribution in [0.2, 0.25) is 0 Å². The van der Waals surface area contributed by atoms with Gasteiger partial charge >= 0.3 is 7.12 Å². The van der Waals surface area contributed by atoms with Crippen molar-refractivity contribution in [2.75, 3.05) is 0 Å². The van der Waals surface area contributed by atoms with Crippen molar-refractivity contribution < 1.29 is 13.7 Å². The van der Waals surface area contributed by atoms with E-state index in [9.17, 15) is 0 Å². The first-order chi connectivity index (χ1) is 10.8. The van der Waals surface area contributed by atoms with Gasteiger partial charge in [-0.1, -0.05) is 30.3 Å². The van der Waals surface area contributed by atoms with Crippen molar-refractivity contribution in [1.29, 1.82) is 0 Å². The maximum Gasteiger partial charge on any atom is 0.526 e. The van der Waals surface area contributed by atoms with Crippen molar-refractivity contribution in [2.45, 2.75) is 38.9 Å². The highest BCUT2D eigenvalue weighted by Crippen LogP contribution is 2.40. The number of rotatable bonds is 3. The lowest BCUT2D eigenvalue weighted by atomic mass is 9.82.